The van der Waals surface area contributed by atoms with Gasteiger partial charge in [0.05, 0.1) is 12.7 Å². The number of nitrogens with one attached hydrogen (secondary N) is 1. The molecule has 24 heavy (non-hydrogen) atoms. The molecule has 0 unspecified atom stereocenters. The maximum atomic E-state index is 12.0. The topological polar surface area (TPSA) is 64.6 Å². The van der Waals surface area contributed by atoms with Crippen LogP contribution in [-0.2, 0) is 9.53 Å². The number of esters is 1. The lowest BCUT2D eigenvalue weighted by atomic mass is 10.0. The minimum Gasteiger partial charge on any atom is -0.483 e. The first-order valence-corrected chi connectivity index (χ1v) is 7.71. The third-order valence-electron chi connectivity index (χ3n) is 3.49. The Kier molecular flexibility index (Phi) is 5.95. The van der Waals surface area contributed by atoms with Gasteiger partial charge in [-0.2, -0.15) is 0 Å². The average molecular weight is 327 g/mol. The monoisotopic (exact) mass is 327 g/mol. The van der Waals surface area contributed by atoms with Crippen LogP contribution in [0, 0.1) is 0 Å². The fourth-order valence-electron chi connectivity index (χ4n) is 2.24. The number of carbonyl (C=O) groups is 2. The second kappa shape index (κ2) is 8.15. The zero-order chi connectivity index (χ0) is 17.5. The van der Waals surface area contributed by atoms with Gasteiger partial charge in [0.2, 0.25) is 0 Å². The summed E-state index contributed by atoms with van der Waals surface area (Å²) in [6.45, 7) is 4.07. The van der Waals surface area contributed by atoms with Gasteiger partial charge in [0.15, 0.2) is 6.61 Å². The molecule has 0 spiro atoms. The summed E-state index contributed by atoms with van der Waals surface area (Å²) in [6, 6.07) is 14.2. The van der Waals surface area contributed by atoms with Crippen LogP contribution in [0.15, 0.2) is 48.5 Å². The lowest BCUT2D eigenvalue weighted by Gasteiger charge is -2.13. The number of ether oxygens (including phenoxy) is 2. The lowest BCUT2D eigenvalue weighted by molar-refractivity contribution is -0.118. The SMILES string of the molecule is COC(=O)c1ccc(NC(=O)COc2ccccc2C(C)C)cc1. The van der Waals surface area contributed by atoms with Crippen molar-refractivity contribution < 1.29 is 19.1 Å². The van der Waals surface area contributed by atoms with Gasteiger partial charge in [0, 0.05) is 5.69 Å². The van der Waals surface area contributed by atoms with Gasteiger partial charge in [0.25, 0.3) is 5.91 Å². The lowest BCUT2D eigenvalue weighted by Crippen LogP contribution is -2.20. The summed E-state index contributed by atoms with van der Waals surface area (Å²) >= 11 is 0. The molecule has 2 aromatic rings. The fourth-order valence-corrected chi connectivity index (χ4v) is 2.24. The molecule has 0 aliphatic heterocycles. The van der Waals surface area contributed by atoms with Crippen LogP contribution in [0.25, 0.3) is 0 Å². The Morgan fingerprint density at radius 1 is 1.04 bits per heavy atom. The Bertz CT molecular complexity index is 708. The molecule has 0 radical (unpaired) electrons. The Morgan fingerprint density at radius 2 is 1.71 bits per heavy atom. The second-order valence-corrected chi connectivity index (χ2v) is 5.60. The van der Waals surface area contributed by atoms with Crippen LogP contribution in [0.2, 0.25) is 0 Å². The number of rotatable bonds is 6. The van der Waals surface area contributed by atoms with E-state index in [0.29, 0.717) is 22.9 Å². The minimum absolute atomic E-state index is 0.0809. The van der Waals surface area contributed by atoms with Crippen molar-refractivity contribution in [1.82, 2.24) is 0 Å². The largest absolute Gasteiger partial charge is 0.483 e. The Morgan fingerprint density at radius 3 is 2.33 bits per heavy atom. The van der Waals surface area contributed by atoms with E-state index in [2.05, 4.69) is 23.9 Å². The molecule has 0 saturated carbocycles. The molecule has 2 aromatic carbocycles. The maximum Gasteiger partial charge on any atom is 0.337 e. The number of para-hydroxylation sites is 1. The first-order valence-electron chi connectivity index (χ1n) is 7.71. The third kappa shape index (κ3) is 4.59. The van der Waals surface area contributed by atoms with Gasteiger partial charge in [-0.15, -0.1) is 0 Å². The van der Waals surface area contributed by atoms with Crippen molar-refractivity contribution in [2.75, 3.05) is 19.0 Å². The minimum atomic E-state index is -0.415. The van der Waals surface area contributed by atoms with Crippen LogP contribution in [0.5, 0.6) is 5.75 Å². The van der Waals surface area contributed by atoms with Gasteiger partial charge >= 0.3 is 5.97 Å². The van der Waals surface area contributed by atoms with Crippen molar-refractivity contribution in [3.63, 3.8) is 0 Å². The van der Waals surface area contributed by atoms with Crippen molar-refractivity contribution >= 4 is 17.6 Å². The number of anilines is 1. The van der Waals surface area contributed by atoms with Gasteiger partial charge < -0.3 is 14.8 Å². The summed E-state index contributed by atoms with van der Waals surface area (Å²) < 4.78 is 10.3. The van der Waals surface area contributed by atoms with Crippen LogP contribution in [0.1, 0.15) is 35.7 Å². The fraction of sp³-hybridized carbons (Fsp3) is 0.263. The molecule has 0 aliphatic rings. The Labute approximate surface area is 141 Å². The highest BCUT2D eigenvalue weighted by atomic mass is 16.5. The van der Waals surface area contributed by atoms with E-state index in [4.69, 9.17) is 4.74 Å². The van der Waals surface area contributed by atoms with E-state index < -0.39 is 5.97 Å². The predicted molar refractivity (Wildman–Crippen MR) is 92.4 cm³/mol. The number of carbonyl (C=O) groups excluding carboxylic acids is 2. The summed E-state index contributed by atoms with van der Waals surface area (Å²) in [7, 11) is 1.32. The second-order valence-electron chi connectivity index (χ2n) is 5.60. The molecular formula is C19H21NO4. The molecule has 0 atom stereocenters. The molecule has 1 N–H and O–H groups in total. The highest BCUT2D eigenvalue weighted by Gasteiger charge is 2.10. The third-order valence-corrected chi connectivity index (χ3v) is 3.49. The zero-order valence-electron chi connectivity index (χ0n) is 14.0. The molecule has 2 rings (SSSR count). The van der Waals surface area contributed by atoms with Gasteiger partial charge in [-0.05, 0) is 41.8 Å². The van der Waals surface area contributed by atoms with Gasteiger partial charge in [-0.3, -0.25) is 4.79 Å². The molecule has 0 aliphatic carbocycles. The molecule has 5 nitrogen and oxygen atoms in total. The number of hydrogen-bond acceptors (Lipinski definition) is 4. The van der Waals surface area contributed by atoms with E-state index in [1.807, 2.05) is 24.3 Å². The summed E-state index contributed by atoms with van der Waals surface area (Å²) in [5, 5.41) is 2.73. The van der Waals surface area contributed by atoms with Crippen molar-refractivity contribution in [3.8, 4) is 5.75 Å². The van der Waals surface area contributed by atoms with E-state index >= 15 is 0 Å². The average Bonchev–Trinajstić information content (AvgIpc) is 2.60. The van der Waals surface area contributed by atoms with Crippen molar-refractivity contribution in [2.24, 2.45) is 0 Å². The van der Waals surface area contributed by atoms with Crippen molar-refractivity contribution in [3.05, 3.63) is 59.7 Å². The van der Waals surface area contributed by atoms with Crippen LogP contribution in [0.4, 0.5) is 5.69 Å². The molecular weight excluding hydrogens is 306 g/mol. The van der Waals surface area contributed by atoms with Gasteiger partial charge in [-0.25, -0.2) is 4.79 Å². The van der Waals surface area contributed by atoms with E-state index in [0.717, 1.165) is 5.56 Å². The predicted octanol–water partition coefficient (Wildman–Crippen LogP) is 3.61. The highest BCUT2D eigenvalue weighted by molar-refractivity contribution is 5.93. The zero-order valence-corrected chi connectivity index (χ0v) is 14.0. The van der Waals surface area contributed by atoms with Crippen LogP contribution in [-0.4, -0.2) is 25.6 Å². The molecule has 1 amide bonds. The van der Waals surface area contributed by atoms with Gasteiger partial charge in [0.1, 0.15) is 5.75 Å². The quantitative estimate of drug-likeness (QED) is 0.823. The van der Waals surface area contributed by atoms with E-state index in [1.54, 1.807) is 24.3 Å². The molecule has 126 valence electrons. The van der Waals surface area contributed by atoms with Crippen molar-refractivity contribution in [1.29, 1.82) is 0 Å². The highest BCUT2D eigenvalue weighted by Crippen LogP contribution is 2.25. The van der Waals surface area contributed by atoms with E-state index in [9.17, 15) is 9.59 Å². The number of amides is 1. The summed E-state index contributed by atoms with van der Waals surface area (Å²) in [6.07, 6.45) is 0. The smallest absolute Gasteiger partial charge is 0.337 e. The molecule has 0 bridgehead atoms. The molecule has 0 heterocycles. The van der Waals surface area contributed by atoms with E-state index in [-0.39, 0.29) is 12.5 Å². The molecule has 0 saturated heterocycles. The van der Waals surface area contributed by atoms with Crippen molar-refractivity contribution in [2.45, 2.75) is 19.8 Å². The Balaban J connectivity index is 1.93. The number of methoxy groups -OCH3 is 1. The normalized spacial score (nSPS) is 10.3. The number of benzene rings is 2. The summed E-state index contributed by atoms with van der Waals surface area (Å²) in [5.74, 6) is 0.347. The van der Waals surface area contributed by atoms with E-state index in [1.165, 1.54) is 7.11 Å². The molecule has 0 fully saturated rings. The first kappa shape index (κ1) is 17.5. The maximum absolute atomic E-state index is 12.0. The first-order chi connectivity index (χ1) is 11.5. The summed E-state index contributed by atoms with van der Waals surface area (Å²) in [5.41, 5.74) is 2.08. The van der Waals surface area contributed by atoms with Crippen LogP contribution >= 0.6 is 0 Å². The van der Waals surface area contributed by atoms with Crippen LogP contribution < -0.4 is 10.1 Å². The Hall–Kier alpha value is -2.82. The summed E-state index contributed by atoms with van der Waals surface area (Å²) in [4.78, 5) is 23.4. The standard InChI is InChI=1S/C19H21NO4/c1-13(2)16-6-4-5-7-17(16)24-12-18(21)20-15-10-8-14(9-11-15)19(22)23-3/h4-11,13H,12H2,1-3H3,(H,20,21). The molecule has 5 heteroatoms. The molecule has 0 aromatic heterocycles. The number of hydrogen-bond donors (Lipinski definition) is 1. The van der Waals surface area contributed by atoms with Gasteiger partial charge in [-0.1, -0.05) is 32.0 Å². The van der Waals surface area contributed by atoms with Crippen LogP contribution in [0.3, 0.4) is 0 Å².